The van der Waals surface area contributed by atoms with Crippen LogP contribution < -0.4 is 9.64 Å². The Hall–Kier alpha value is -3.02. The van der Waals surface area contributed by atoms with Gasteiger partial charge in [-0.15, -0.1) is 0 Å². The minimum Gasteiger partial charge on any atom is -0.496 e. The number of ether oxygens (including phenoxy) is 1. The number of para-hydroxylation sites is 2. The first kappa shape index (κ1) is 19.3. The highest BCUT2D eigenvalue weighted by Gasteiger charge is 2.34. The maximum absolute atomic E-state index is 13.3. The molecule has 144 valence electrons. The number of carbonyl (C=O) groups excluding carboxylic acids is 1. The molecular formula is C23H17ClN2O2S. The van der Waals surface area contributed by atoms with Crippen LogP contribution in [-0.4, -0.2) is 18.2 Å². The van der Waals surface area contributed by atoms with E-state index in [2.05, 4.69) is 0 Å². The van der Waals surface area contributed by atoms with Gasteiger partial charge in [0.2, 0.25) is 0 Å². The van der Waals surface area contributed by atoms with Crippen LogP contribution in [0, 0.1) is 0 Å². The van der Waals surface area contributed by atoms with Gasteiger partial charge in [-0.1, -0.05) is 48.0 Å². The molecule has 0 radical (unpaired) electrons. The first-order chi connectivity index (χ1) is 14.2. The molecule has 1 aliphatic rings. The van der Waals surface area contributed by atoms with Crippen LogP contribution >= 0.6 is 23.4 Å². The molecule has 1 fully saturated rings. The van der Waals surface area contributed by atoms with E-state index < -0.39 is 0 Å². The lowest BCUT2D eigenvalue weighted by molar-refractivity contribution is -0.113. The van der Waals surface area contributed by atoms with Gasteiger partial charge in [-0.05, 0) is 60.3 Å². The van der Waals surface area contributed by atoms with Crippen LogP contribution in [0.5, 0.6) is 5.75 Å². The SMILES string of the molecule is COc1ccc(Cl)cc1/C=C1/SC(=Nc2ccccc2)N(c2ccccc2)C1=O. The molecule has 0 bridgehead atoms. The first-order valence-electron chi connectivity index (χ1n) is 8.92. The van der Waals surface area contributed by atoms with Crippen molar-refractivity contribution in [2.75, 3.05) is 12.0 Å². The monoisotopic (exact) mass is 420 g/mol. The van der Waals surface area contributed by atoms with Crippen LogP contribution in [0.25, 0.3) is 6.08 Å². The second-order valence-electron chi connectivity index (χ2n) is 6.20. The van der Waals surface area contributed by atoms with E-state index in [0.29, 0.717) is 20.8 Å². The van der Waals surface area contributed by atoms with E-state index in [0.717, 1.165) is 16.9 Å². The van der Waals surface area contributed by atoms with Gasteiger partial charge in [0.1, 0.15) is 5.75 Å². The summed E-state index contributed by atoms with van der Waals surface area (Å²) in [5.74, 6) is 0.507. The number of thioether (sulfide) groups is 1. The van der Waals surface area contributed by atoms with Gasteiger partial charge in [0.15, 0.2) is 5.17 Å². The van der Waals surface area contributed by atoms with Gasteiger partial charge in [0.25, 0.3) is 5.91 Å². The standard InChI is InChI=1S/C23H17ClN2O2S/c1-28-20-13-12-17(24)14-16(20)15-21-22(27)26(19-10-6-3-7-11-19)23(29-21)25-18-8-4-2-5-9-18/h2-15H,1H3/b21-15+,25-23?. The number of benzene rings is 3. The average molecular weight is 421 g/mol. The molecule has 0 spiro atoms. The predicted octanol–water partition coefficient (Wildman–Crippen LogP) is 6.16. The summed E-state index contributed by atoms with van der Waals surface area (Å²) in [7, 11) is 1.59. The second kappa shape index (κ2) is 8.55. The van der Waals surface area contributed by atoms with Gasteiger partial charge in [-0.3, -0.25) is 9.69 Å². The van der Waals surface area contributed by atoms with Gasteiger partial charge in [-0.25, -0.2) is 4.99 Å². The van der Waals surface area contributed by atoms with Crippen LogP contribution in [0.3, 0.4) is 0 Å². The molecule has 1 heterocycles. The molecule has 0 unspecified atom stereocenters. The molecule has 3 aromatic carbocycles. The number of aliphatic imine (C=N–C) groups is 1. The predicted molar refractivity (Wildman–Crippen MR) is 121 cm³/mol. The van der Waals surface area contributed by atoms with E-state index in [1.165, 1.54) is 11.8 Å². The fraction of sp³-hybridized carbons (Fsp3) is 0.0435. The molecule has 4 nitrogen and oxygen atoms in total. The van der Waals surface area contributed by atoms with Gasteiger partial charge in [-0.2, -0.15) is 0 Å². The van der Waals surface area contributed by atoms with Crippen molar-refractivity contribution in [1.82, 2.24) is 0 Å². The van der Waals surface area contributed by atoms with Crippen molar-refractivity contribution in [3.05, 3.63) is 94.4 Å². The van der Waals surface area contributed by atoms with Crippen molar-refractivity contribution in [2.24, 2.45) is 4.99 Å². The van der Waals surface area contributed by atoms with Crippen LogP contribution in [0.15, 0.2) is 88.8 Å². The summed E-state index contributed by atoms with van der Waals surface area (Å²) in [6, 6.07) is 24.4. The zero-order chi connectivity index (χ0) is 20.2. The molecule has 29 heavy (non-hydrogen) atoms. The minimum absolute atomic E-state index is 0.141. The molecule has 0 saturated carbocycles. The average Bonchev–Trinajstić information content (AvgIpc) is 3.04. The number of hydrogen-bond donors (Lipinski definition) is 0. The first-order valence-corrected chi connectivity index (χ1v) is 10.1. The van der Waals surface area contributed by atoms with Crippen molar-refractivity contribution >= 4 is 51.9 Å². The molecule has 6 heteroatoms. The number of rotatable bonds is 4. The van der Waals surface area contributed by atoms with Crippen molar-refractivity contribution in [2.45, 2.75) is 0 Å². The number of hydrogen-bond acceptors (Lipinski definition) is 4. The van der Waals surface area contributed by atoms with Crippen LogP contribution in [0.2, 0.25) is 5.02 Å². The number of halogens is 1. The zero-order valence-corrected chi connectivity index (χ0v) is 17.2. The highest BCUT2D eigenvalue weighted by Crippen LogP contribution is 2.38. The lowest BCUT2D eigenvalue weighted by Crippen LogP contribution is -2.28. The molecular weight excluding hydrogens is 404 g/mol. The maximum atomic E-state index is 13.3. The second-order valence-corrected chi connectivity index (χ2v) is 7.65. The Morgan fingerprint density at radius 1 is 1.00 bits per heavy atom. The zero-order valence-electron chi connectivity index (χ0n) is 15.6. The lowest BCUT2D eigenvalue weighted by atomic mass is 10.2. The number of methoxy groups -OCH3 is 1. The number of anilines is 1. The molecule has 3 aromatic rings. The molecule has 1 aliphatic heterocycles. The van der Waals surface area contributed by atoms with E-state index in [4.69, 9.17) is 21.3 Å². The molecule has 1 saturated heterocycles. The summed E-state index contributed by atoms with van der Waals surface area (Å²) < 4.78 is 5.41. The van der Waals surface area contributed by atoms with Crippen LogP contribution in [0.4, 0.5) is 11.4 Å². The Morgan fingerprint density at radius 2 is 1.69 bits per heavy atom. The van der Waals surface area contributed by atoms with Crippen molar-refractivity contribution in [3.63, 3.8) is 0 Å². The third-order valence-electron chi connectivity index (χ3n) is 4.28. The highest BCUT2D eigenvalue weighted by molar-refractivity contribution is 8.19. The number of amides is 1. The van der Waals surface area contributed by atoms with E-state index in [1.54, 1.807) is 36.3 Å². The van der Waals surface area contributed by atoms with Gasteiger partial charge < -0.3 is 4.74 Å². The topological polar surface area (TPSA) is 41.9 Å². The third kappa shape index (κ3) is 4.21. The summed E-state index contributed by atoms with van der Waals surface area (Å²) in [6.07, 6.45) is 1.79. The quantitative estimate of drug-likeness (QED) is 0.475. The van der Waals surface area contributed by atoms with Crippen molar-refractivity contribution in [1.29, 1.82) is 0 Å². The van der Waals surface area contributed by atoms with Gasteiger partial charge >= 0.3 is 0 Å². The highest BCUT2D eigenvalue weighted by atomic mass is 35.5. The number of nitrogens with zero attached hydrogens (tertiary/aromatic N) is 2. The third-order valence-corrected chi connectivity index (χ3v) is 5.48. The van der Waals surface area contributed by atoms with E-state index >= 15 is 0 Å². The largest absolute Gasteiger partial charge is 0.496 e. The van der Waals surface area contributed by atoms with E-state index in [9.17, 15) is 4.79 Å². The fourth-order valence-corrected chi connectivity index (χ4v) is 4.10. The van der Waals surface area contributed by atoms with Gasteiger partial charge in [0, 0.05) is 10.6 Å². The molecule has 0 atom stereocenters. The minimum atomic E-state index is -0.141. The molecule has 0 N–H and O–H groups in total. The Labute approximate surface area is 178 Å². The molecule has 1 amide bonds. The Balaban J connectivity index is 1.79. The Kier molecular flexibility index (Phi) is 5.69. The smallest absolute Gasteiger partial charge is 0.271 e. The number of amidine groups is 1. The lowest BCUT2D eigenvalue weighted by Gasteiger charge is -2.15. The maximum Gasteiger partial charge on any atom is 0.271 e. The van der Waals surface area contributed by atoms with E-state index in [-0.39, 0.29) is 5.91 Å². The molecule has 4 rings (SSSR count). The summed E-state index contributed by atoms with van der Waals surface area (Å²) in [5.41, 5.74) is 2.29. The Morgan fingerprint density at radius 3 is 2.38 bits per heavy atom. The molecule has 0 aromatic heterocycles. The van der Waals surface area contributed by atoms with Gasteiger partial charge in [0.05, 0.1) is 23.4 Å². The van der Waals surface area contributed by atoms with Crippen molar-refractivity contribution < 1.29 is 9.53 Å². The summed E-state index contributed by atoms with van der Waals surface area (Å²) >= 11 is 7.47. The number of carbonyl (C=O) groups is 1. The normalized spacial score (nSPS) is 16.6. The fourth-order valence-electron chi connectivity index (χ4n) is 2.93. The summed E-state index contributed by atoms with van der Waals surface area (Å²) in [5, 5.41) is 1.17. The molecule has 0 aliphatic carbocycles. The summed E-state index contributed by atoms with van der Waals surface area (Å²) in [4.78, 5) is 20.2. The Bertz CT molecular complexity index is 1100. The van der Waals surface area contributed by atoms with E-state index in [1.807, 2.05) is 60.7 Å². The summed E-state index contributed by atoms with van der Waals surface area (Å²) in [6.45, 7) is 0. The van der Waals surface area contributed by atoms with Crippen LogP contribution in [-0.2, 0) is 4.79 Å². The van der Waals surface area contributed by atoms with Crippen LogP contribution in [0.1, 0.15) is 5.56 Å². The van der Waals surface area contributed by atoms with Crippen molar-refractivity contribution in [3.8, 4) is 5.75 Å².